The molecule has 0 fully saturated rings. The number of nitrogens with one attached hydrogen (secondary N) is 3. The quantitative estimate of drug-likeness (QED) is 0.207. The lowest BCUT2D eigenvalue weighted by atomic mass is 10.1. The molecule has 1 aromatic heterocycles. The molecule has 27 heavy (non-hydrogen) atoms. The lowest BCUT2D eigenvalue weighted by Crippen LogP contribution is -2.38. The van der Waals surface area contributed by atoms with Crippen LogP contribution in [-0.2, 0) is 6.42 Å². The SMILES string of the molecule is CCNC(=NCCCCNc1ccccn1)NCCc1ccc(F)cc1.I. The Labute approximate surface area is 178 Å². The number of hydrogen-bond acceptors (Lipinski definition) is 3. The van der Waals surface area contributed by atoms with Crippen LogP contribution in [0.1, 0.15) is 25.3 Å². The van der Waals surface area contributed by atoms with Gasteiger partial charge in [0.2, 0.25) is 0 Å². The first-order chi connectivity index (χ1) is 12.8. The number of rotatable bonds is 10. The minimum atomic E-state index is -0.200. The van der Waals surface area contributed by atoms with Crippen LogP contribution < -0.4 is 16.0 Å². The molecule has 0 amide bonds. The van der Waals surface area contributed by atoms with Crippen molar-refractivity contribution in [3.63, 3.8) is 0 Å². The van der Waals surface area contributed by atoms with Crippen molar-refractivity contribution < 1.29 is 4.39 Å². The summed E-state index contributed by atoms with van der Waals surface area (Å²) in [6.07, 6.45) is 4.66. The normalized spacial score (nSPS) is 10.8. The van der Waals surface area contributed by atoms with Gasteiger partial charge in [-0.1, -0.05) is 18.2 Å². The van der Waals surface area contributed by atoms with Crippen molar-refractivity contribution in [3.05, 3.63) is 60.0 Å². The Balaban J connectivity index is 0.00000364. The van der Waals surface area contributed by atoms with Gasteiger partial charge in [-0.25, -0.2) is 9.37 Å². The number of halogens is 2. The summed E-state index contributed by atoms with van der Waals surface area (Å²) in [6.45, 7) is 5.30. The minimum Gasteiger partial charge on any atom is -0.370 e. The van der Waals surface area contributed by atoms with Crippen LogP contribution in [0.5, 0.6) is 0 Å². The van der Waals surface area contributed by atoms with E-state index in [0.717, 1.165) is 62.8 Å². The first-order valence-electron chi connectivity index (χ1n) is 9.19. The lowest BCUT2D eigenvalue weighted by molar-refractivity contribution is 0.626. The lowest BCUT2D eigenvalue weighted by Gasteiger charge is -2.11. The zero-order chi connectivity index (χ0) is 18.5. The van der Waals surface area contributed by atoms with E-state index in [1.54, 1.807) is 6.20 Å². The molecule has 0 radical (unpaired) electrons. The van der Waals surface area contributed by atoms with Gasteiger partial charge in [0.15, 0.2) is 5.96 Å². The number of aromatic nitrogens is 1. The number of guanidine groups is 1. The molecule has 0 atom stereocenters. The van der Waals surface area contributed by atoms with Crippen LogP contribution in [0.4, 0.5) is 10.2 Å². The molecule has 0 aliphatic rings. The van der Waals surface area contributed by atoms with Gasteiger partial charge in [0.25, 0.3) is 0 Å². The van der Waals surface area contributed by atoms with Crippen LogP contribution in [0, 0.1) is 5.82 Å². The van der Waals surface area contributed by atoms with Gasteiger partial charge in [-0.05, 0) is 56.0 Å². The maximum Gasteiger partial charge on any atom is 0.191 e. The Morgan fingerprint density at radius 2 is 1.85 bits per heavy atom. The maximum atomic E-state index is 12.9. The van der Waals surface area contributed by atoms with E-state index < -0.39 is 0 Å². The van der Waals surface area contributed by atoms with Gasteiger partial charge in [0.05, 0.1) is 0 Å². The van der Waals surface area contributed by atoms with Gasteiger partial charge in [-0.15, -0.1) is 24.0 Å². The van der Waals surface area contributed by atoms with Crippen LogP contribution in [-0.4, -0.2) is 37.1 Å². The van der Waals surface area contributed by atoms with E-state index in [0.29, 0.717) is 0 Å². The third kappa shape index (κ3) is 10.1. The second-order valence-electron chi connectivity index (χ2n) is 5.91. The first kappa shape index (κ1) is 23.1. The molecule has 0 aliphatic carbocycles. The second kappa shape index (κ2) is 14.2. The van der Waals surface area contributed by atoms with E-state index in [1.165, 1.54) is 12.1 Å². The number of unbranched alkanes of at least 4 members (excludes halogenated alkanes) is 1. The average Bonchev–Trinajstić information content (AvgIpc) is 2.67. The molecule has 7 heteroatoms. The van der Waals surface area contributed by atoms with Gasteiger partial charge in [-0.2, -0.15) is 0 Å². The Morgan fingerprint density at radius 3 is 2.56 bits per heavy atom. The van der Waals surface area contributed by atoms with Gasteiger partial charge in [0.1, 0.15) is 11.6 Å². The highest BCUT2D eigenvalue weighted by molar-refractivity contribution is 14.0. The summed E-state index contributed by atoms with van der Waals surface area (Å²) in [6, 6.07) is 12.5. The molecular weight excluding hydrogens is 456 g/mol. The smallest absolute Gasteiger partial charge is 0.191 e. The fourth-order valence-corrected chi connectivity index (χ4v) is 2.43. The standard InChI is InChI=1S/C20H28FN5.HI/c1-2-22-20(26-16-12-17-8-10-18(21)11-9-17)25-15-6-5-14-24-19-7-3-4-13-23-19;/h3-4,7-11,13H,2,5-6,12,14-16H2,1H3,(H,23,24)(H2,22,25,26);1H. The molecule has 148 valence electrons. The van der Waals surface area contributed by atoms with Gasteiger partial charge < -0.3 is 16.0 Å². The largest absolute Gasteiger partial charge is 0.370 e. The minimum absolute atomic E-state index is 0. The van der Waals surface area contributed by atoms with Crippen LogP contribution >= 0.6 is 24.0 Å². The van der Waals surface area contributed by atoms with Gasteiger partial charge >= 0.3 is 0 Å². The third-order valence-corrected chi connectivity index (χ3v) is 3.79. The van der Waals surface area contributed by atoms with Crippen molar-refractivity contribution in [2.45, 2.75) is 26.2 Å². The molecule has 0 unspecified atom stereocenters. The Bertz CT molecular complexity index is 649. The van der Waals surface area contributed by atoms with E-state index in [4.69, 9.17) is 0 Å². The summed E-state index contributed by atoms with van der Waals surface area (Å²) >= 11 is 0. The summed E-state index contributed by atoms with van der Waals surface area (Å²) < 4.78 is 12.9. The average molecular weight is 485 g/mol. The predicted molar refractivity (Wildman–Crippen MR) is 121 cm³/mol. The highest BCUT2D eigenvalue weighted by Gasteiger charge is 1.98. The molecule has 0 bridgehead atoms. The summed E-state index contributed by atoms with van der Waals surface area (Å²) in [5.74, 6) is 1.54. The molecule has 0 saturated carbocycles. The number of hydrogen-bond donors (Lipinski definition) is 3. The molecule has 3 N–H and O–H groups in total. The zero-order valence-electron chi connectivity index (χ0n) is 15.7. The van der Waals surface area contributed by atoms with E-state index in [2.05, 4.69) is 25.9 Å². The predicted octanol–water partition coefficient (Wildman–Crippen LogP) is 3.83. The van der Waals surface area contributed by atoms with Crippen LogP contribution in [0.15, 0.2) is 53.7 Å². The fraction of sp³-hybridized carbons (Fsp3) is 0.400. The van der Waals surface area contributed by atoms with E-state index in [-0.39, 0.29) is 29.8 Å². The zero-order valence-corrected chi connectivity index (χ0v) is 18.1. The van der Waals surface area contributed by atoms with E-state index in [1.807, 2.05) is 37.3 Å². The Hall–Kier alpha value is -1.90. The summed E-state index contributed by atoms with van der Waals surface area (Å²) in [4.78, 5) is 8.83. The fourth-order valence-electron chi connectivity index (χ4n) is 2.43. The van der Waals surface area contributed by atoms with Crippen molar-refractivity contribution in [1.82, 2.24) is 15.6 Å². The van der Waals surface area contributed by atoms with Crippen molar-refractivity contribution in [2.24, 2.45) is 4.99 Å². The molecule has 1 aromatic carbocycles. The maximum absolute atomic E-state index is 12.9. The second-order valence-corrected chi connectivity index (χ2v) is 5.91. The molecule has 2 rings (SSSR count). The highest BCUT2D eigenvalue weighted by Crippen LogP contribution is 2.03. The summed E-state index contributed by atoms with van der Waals surface area (Å²) in [7, 11) is 0. The van der Waals surface area contributed by atoms with Crippen LogP contribution in [0.2, 0.25) is 0 Å². The van der Waals surface area contributed by atoms with Gasteiger partial charge in [0, 0.05) is 32.4 Å². The summed E-state index contributed by atoms with van der Waals surface area (Å²) in [5.41, 5.74) is 1.11. The molecular formula is C20H29FIN5. The van der Waals surface area contributed by atoms with Crippen molar-refractivity contribution in [3.8, 4) is 0 Å². The number of anilines is 1. The van der Waals surface area contributed by atoms with Crippen molar-refractivity contribution in [1.29, 1.82) is 0 Å². The Kier molecular flexibility index (Phi) is 12.2. The van der Waals surface area contributed by atoms with Crippen LogP contribution in [0.3, 0.4) is 0 Å². The molecule has 1 heterocycles. The number of nitrogens with zero attached hydrogens (tertiary/aromatic N) is 2. The van der Waals surface area contributed by atoms with E-state index in [9.17, 15) is 4.39 Å². The number of pyridine rings is 1. The molecule has 0 spiro atoms. The Morgan fingerprint density at radius 1 is 1.04 bits per heavy atom. The van der Waals surface area contributed by atoms with Crippen molar-refractivity contribution >= 4 is 35.8 Å². The third-order valence-electron chi connectivity index (χ3n) is 3.79. The van der Waals surface area contributed by atoms with Gasteiger partial charge in [-0.3, -0.25) is 4.99 Å². The van der Waals surface area contributed by atoms with E-state index >= 15 is 0 Å². The number of benzene rings is 1. The summed E-state index contributed by atoms with van der Waals surface area (Å²) in [5, 5.41) is 9.86. The highest BCUT2D eigenvalue weighted by atomic mass is 127. The first-order valence-corrected chi connectivity index (χ1v) is 9.19. The molecule has 0 saturated heterocycles. The molecule has 0 aliphatic heterocycles. The number of aliphatic imine (C=N–C) groups is 1. The van der Waals surface area contributed by atoms with Crippen molar-refractivity contribution in [2.75, 3.05) is 31.5 Å². The van der Waals surface area contributed by atoms with Crippen LogP contribution in [0.25, 0.3) is 0 Å². The molecule has 2 aromatic rings. The molecule has 5 nitrogen and oxygen atoms in total. The monoisotopic (exact) mass is 485 g/mol. The topological polar surface area (TPSA) is 61.3 Å².